The van der Waals surface area contributed by atoms with E-state index in [0.717, 1.165) is 26.4 Å². The van der Waals surface area contributed by atoms with Gasteiger partial charge in [0.05, 0.1) is 43.1 Å². The first-order chi connectivity index (χ1) is 26.5. The molecule has 0 aromatic carbocycles. The van der Waals surface area contributed by atoms with Crippen LogP contribution in [0.4, 0.5) is 9.59 Å². The molecule has 1 aliphatic heterocycles. The number of methoxy groups -OCH3 is 1. The highest BCUT2D eigenvalue weighted by Crippen LogP contribution is 2.65. The van der Waals surface area contributed by atoms with Crippen LogP contribution >= 0.6 is 0 Å². The summed E-state index contributed by atoms with van der Waals surface area (Å²) in [5, 5.41) is 52.0. The lowest BCUT2D eigenvalue weighted by molar-refractivity contribution is -0.347. The number of esters is 2. The Morgan fingerprint density at radius 3 is 2.07 bits per heavy atom. The molecule has 0 radical (unpaired) electrons. The third kappa shape index (κ3) is 7.53. The van der Waals surface area contributed by atoms with Crippen LogP contribution in [-0.2, 0) is 42.8 Å². The smallest absolute Gasteiger partial charge is 0.459 e. The lowest BCUT2D eigenvalue weighted by Gasteiger charge is -2.67. The zero-order chi connectivity index (χ0) is 43.8. The second-order valence-corrected chi connectivity index (χ2v) is 20.1. The molecule has 16 nitrogen and oxygen atoms in total. The molecule has 4 aliphatic carbocycles. The van der Waals surface area contributed by atoms with Gasteiger partial charge in [-0.1, -0.05) is 53.9 Å². The molecule has 1 unspecified atom stereocenters. The molecule has 1 heterocycles. The predicted octanol–water partition coefficient (Wildman–Crippen LogP) is 3.81. The highest BCUT2D eigenvalue weighted by molar-refractivity contribution is 5.93. The van der Waals surface area contributed by atoms with Gasteiger partial charge in [-0.05, 0) is 70.9 Å². The summed E-state index contributed by atoms with van der Waals surface area (Å²) in [5.74, 6) is -4.88. The van der Waals surface area contributed by atoms with Crippen molar-refractivity contribution in [2.75, 3.05) is 13.7 Å². The third-order valence-electron chi connectivity index (χ3n) is 13.9. The van der Waals surface area contributed by atoms with E-state index in [0.29, 0.717) is 12.8 Å². The van der Waals surface area contributed by atoms with Crippen molar-refractivity contribution in [3.63, 3.8) is 0 Å². The summed E-state index contributed by atoms with van der Waals surface area (Å²) in [6.07, 6.45) is -7.62. The average Bonchev–Trinajstić information content (AvgIpc) is 3.11. The molecule has 0 aromatic heterocycles. The maximum Gasteiger partial charge on any atom is 0.508 e. The third-order valence-corrected chi connectivity index (χ3v) is 13.9. The first-order valence-electron chi connectivity index (χ1n) is 20.4. The SMILES string of the molecule is COC(=O)O[C@@]12CO[C@@H]1C[C@H](O)[C@@]1(C)C(=O)[C@H](O)C3=C(C)[C@@](C)(OC(=O)[C@H](O)[C@@H](NC(=O)OC(C)(C)C)C(C)(C)C)C[C@@](O)([C@@H](OC(=O)C4CCCCC4)C12)C3(C)C. The van der Waals surface area contributed by atoms with E-state index in [-0.39, 0.29) is 24.2 Å². The summed E-state index contributed by atoms with van der Waals surface area (Å²) in [5.41, 5.74) is -11.4. The monoisotopic (exact) mass is 823 g/mol. The van der Waals surface area contributed by atoms with Gasteiger partial charge in [0.1, 0.15) is 35.1 Å². The number of fused-ring (bicyclic) bond motifs is 5. The molecule has 3 saturated carbocycles. The molecule has 1 saturated heterocycles. The van der Waals surface area contributed by atoms with E-state index < -0.39 is 123 Å². The molecule has 58 heavy (non-hydrogen) atoms. The van der Waals surface area contributed by atoms with Gasteiger partial charge in [-0.2, -0.15) is 0 Å². The van der Waals surface area contributed by atoms with Crippen LogP contribution in [0.2, 0.25) is 0 Å². The van der Waals surface area contributed by atoms with Gasteiger partial charge < -0.3 is 54.2 Å². The lowest BCUT2D eigenvalue weighted by atomic mass is 9.44. The Hall–Kier alpha value is -3.31. The van der Waals surface area contributed by atoms with Crippen molar-refractivity contribution >= 4 is 30.0 Å². The molecular weight excluding hydrogens is 758 g/mol. The molecule has 5 aliphatic rings. The number of ether oxygens (including phenoxy) is 6. The Morgan fingerprint density at radius 1 is 0.948 bits per heavy atom. The number of carbonyl (C=O) groups is 5. The van der Waals surface area contributed by atoms with Crippen LogP contribution in [0, 0.1) is 28.1 Å². The Labute approximate surface area is 340 Å². The Bertz CT molecular complexity index is 1690. The molecule has 4 fully saturated rings. The minimum Gasteiger partial charge on any atom is -0.459 e. The summed E-state index contributed by atoms with van der Waals surface area (Å²) < 4.78 is 34.8. The largest absolute Gasteiger partial charge is 0.508 e. The lowest BCUT2D eigenvalue weighted by Crippen LogP contribution is -2.82. The van der Waals surface area contributed by atoms with Gasteiger partial charge in [-0.3, -0.25) is 9.59 Å². The van der Waals surface area contributed by atoms with E-state index >= 15 is 4.79 Å². The summed E-state index contributed by atoms with van der Waals surface area (Å²) in [6, 6.07) is -1.24. The fraction of sp³-hybridized carbons (Fsp3) is 0.833. The van der Waals surface area contributed by atoms with Gasteiger partial charge in [0.25, 0.3) is 0 Å². The van der Waals surface area contributed by atoms with Crippen molar-refractivity contribution in [3.8, 4) is 0 Å². The number of aliphatic hydroxyl groups excluding tert-OH is 3. The number of amides is 1. The van der Waals surface area contributed by atoms with Crippen LogP contribution in [-0.4, -0.2) is 123 Å². The first-order valence-corrected chi connectivity index (χ1v) is 20.4. The molecule has 11 atom stereocenters. The normalized spacial score (nSPS) is 37.3. The number of hydrogen-bond donors (Lipinski definition) is 5. The Morgan fingerprint density at radius 2 is 1.55 bits per heavy atom. The predicted molar refractivity (Wildman–Crippen MR) is 205 cm³/mol. The number of rotatable bonds is 7. The number of carbonyl (C=O) groups excluding carboxylic acids is 5. The number of hydrogen-bond acceptors (Lipinski definition) is 15. The van der Waals surface area contributed by atoms with Crippen LogP contribution in [0.15, 0.2) is 11.1 Å². The molecule has 328 valence electrons. The minimum atomic E-state index is -2.35. The van der Waals surface area contributed by atoms with Crippen LogP contribution in [0.5, 0.6) is 0 Å². The Balaban J connectivity index is 1.70. The van der Waals surface area contributed by atoms with Crippen LogP contribution in [0.25, 0.3) is 0 Å². The van der Waals surface area contributed by atoms with Gasteiger partial charge in [-0.25, -0.2) is 14.4 Å². The fourth-order valence-corrected chi connectivity index (χ4v) is 10.3. The van der Waals surface area contributed by atoms with Gasteiger partial charge in [0.15, 0.2) is 17.5 Å². The number of Topliss-reactive ketones (excluding diaryl/α,β-unsaturated/α-hetero) is 1. The van der Waals surface area contributed by atoms with Gasteiger partial charge in [-0.15, -0.1) is 0 Å². The molecule has 0 aromatic rings. The first kappa shape index (κ1) is 45.8. The minimum absolute atomic E-state index is 0.0456. The summed E-state index contributed by atoms with van der Waals surface area (Å²) in [7, 11) is 1.09. The standard InChI is InChI=1S/C42H65NO15/c1-21-25-26(45)30(47)40(11)23(44)18-24-41(20-54-24,58-35(51)53-12)28(40)31(55-32(48)22-16-14-13-15-17-22)42(52,38(25,8)9)19-39(21,10)56-33(49)27(46)29(36(2,3)4)43-34(50)57-37(5,6)7/h22-24,26-29,31,44-46,52H,13-20H2,1-12H3,(H,43,50)/t23-,24+,26+,27+,28?,29+,31-,39-,40+,41-,42+/m0/s1. The molecule has 5 N–H and O–H groups in total. The van der Waals surface area contributed by atoms with Crippen LogP contribution in [0.3, 0.4) is 0 Å². The maximum absolute atomic E-state index is 15.1. The molecule has 5 rings (SSSR count). The van der Waals surface area contributed by atoms with Crippen molar-refractivity contribution in [3.05, 3.63) is 11.1 Å². The molecule has 16 heteroatoms. The van der Waals surface area contributed by atoms with Gasteiger partial charge >= 0.3 is 24.2 Å². The summed E-state index contributed by atoms with van der Waals surface area (Å²) in [4.78, 5) is 69.5. The van der Waals surface area contributed by atoms with Gasteiger partial charge in [0, 0.05) is 18.3 Å². The second kappa shape index (κ2) is 15.3. The highest BCUT2D eigenvalue weighted by Gasteiger charge is 2.79. The maximum atomic E-state index is 15.1. The van der Waals surface area contributed by atoms with E-state index in [1.165, 1.54) is 20.8 Å². The Kier molecular flexibility index (Phi) is 12.1. The van der Waals surface area contributed by atoms with Crippen molar-refractivity contribution in [1.29, 1.82) is 0 Å². The van der Waals surface area contributed by atoms with Crippen LogP contribution in [0.1, 0.15) is 121 Å². The van der Waals surface area contributed by atoms with Crippen molar-refractivity contribution in [2.45, 2.75) is 180 Å². The highest BCUT2D eigenvalue weighted by atomic mass is 16.8. The molecule has 2 bridgehead atoms. The van der Waals surface area contributed by atoms with E-state index in [2.05, 4.69) is 5.32 Å². The number of aliphatic hydroxyl groups is 4. The topological polar surface area (TPSA) is 234 Å². The molecular formula is C42H65NO15. The number of nitrogens with one attached hydrogen (secondary N) is 1. The van der Waals surface area contributed by atoms with E-state index in [4.69, 9.17) is 28.4 Å². The number of ketones is 1. The second-order valence-electron chi connectivity index (χ2n) is 20.1. The fourth-order valence-electron chi connectivity index (χ4n) is 10.3. The zero-order valence-electron chi connectivity index (χ0n) is 36.1. The average molecular weight is 824 g/mol. The van der Waals surface area contributed by atoms with Crippen molar-refractivity contribution in [1.82, 2.24) is 5.32 Å². The van der Waals surface area contributed by atoms with Crippen molar-refractivity contribution < 1.29 is 72.8 Å². The van der Waals surface area contributed by atoms with E-state index in [9.17, 15) is 39.6 Å². The summed E-state index contributed by atoms with van der Waals surface area (Å²) in [6.45, 7) is 17.3. The summed E-state index contributed by atoms with van der Waals surface area (Å²) >= 11 is 0. The molecule has 1 amide bonds. The van der Waals surface area contributed by atoms with Crippen molar-refractivity contribution in [2.24, 2.45) is 28.1 Å². The number of alkyl carbamates (subject to hydrolysis) is 1. The zero-order valence-corrected chi connectivity index (χ0v) is 36.1. The quantitative estimate of drug-likeness (QED) is 0.140. The van der Waals surface area contributed by atoms with Crippen LogP contribution < -0.4 is 5.32 Å². The molecule has 0 spiro atoms. The van der Waals surface area contributed by atoms with Gasteiger partial charge in [0.2, 0.25) is 0 Å². The van der Waals surface area contributed by atoms with E-state index in [1.807, 2.05) is 0 Å². The van der Waals surface area contributed by atoms with E-state index in [1.54, 1.807) is 55.4 Å².